The van der Waals surface area contributed by atoms with Gasteiger partial charge >= 0.3 is 5.97 Å². The van der Waals surface area contributed by atoms with Gasteiger partial charge in [-0.2, -0.15) is 0 Å². The molecule has 1 rings (SSSR count). The summed E-state index contributed by atoms with van der Waals surface area (Å²) >= 11 is 2.41. The van der Waals surface area contributed by atoms with Gasteiger partial charge in [-0.15, -0.1) is 0 Å². The van der Waals surface area contributed by atoms with Gasteiger partial charge in [0.05, 0.1) is 13.0 Å². The Labute approximate surface area is 130 Å². The van der Waals surface area contributed by atoms with E-state index in [-0.39, 0.29) is 11.9 Å². The lowest BCUT2D eigenvalue weighted by Crippen LogP contribution is -2.14. The lowest BCUT2D eigenvalue weighted by atomic mass is 9.93. The van der Waals surface area contributed by atoms with Crippen molar-refractivity contribution < 1.29 is 9.53 Å². The van der Waals surface area contributed by atoms with Gasteiger partial charge in [-0.1, -0.05) is 60.2 Å². The molecule has 0 amide bonds. The van der Waals surface area contributed by atoms with Crippen molar-refractivity contribution in [1.82, 2.24) is 0 Å². The summed E-state index contributed by atoms with van der Waals surface area (Å²) < 4.78 is 6.11. The van der Waals surface area contributed by atoms with E-state index in [9.17, 15) is 4.79 Å². The number of alkyl halides is 1. The summed E-state index contributed by atoms with van der Waals surface area (Å²) in [5.41, 5.74) is 2.43. The van der Waals surface area contributed by atoms with Crippen LogP contribution in [-0.2, 0) is 16.0 Å². The molecule has 19 heavy (non-hydrogen) atoms. The van der Waals surface area contributed by atoms with Crippen LogP contribution in [0.3, 0.4) is 0 Å². The van der Waals surface area contributed by atoms with Gasteiger partial charge in [0.15, 0.2) is 0 Å². The summed E-state index contributed by atoms with van der Waals surface area (Å²) in [4.78, 5) is 11.8. The number of methoxy groups -OCH3 is 1. The molecule has 0 radical (unpaired) electrons. The maximum absolute atomic E-state index is 11.8. The Morgan fingerprint density at radius 3 is 2.47 bits per heavy atom. The zero-order valence-corrected chi connectivity index (χ0v) is 14.0. The van der Waals surface area contributed by atoms with Crippen LogP contribution in [0.1, 0.15) is 49.7 Å². The van der Waals surface area contributed by atoms with Crippen molar-refractivity contribution in [2.45, 2.75) is 44.9 Å². The number of esters is 1. The third-order valence-electron chi connectivity index (χ3n) is 3.29. The Balaban J connectivity index is 2.69. The van der Waals surface area contributed by atoms with E-state index >= 15 is 0 Å². The summed E-state index contributed by atoms with van der Waals surface area (Å²) in [6.07, 6.45) is 5.46. The number of carbonyl (C=O) groups excluding carboxylic acids is 1. The molecule has 2 nitrogen and oxygen atoms in total. The average Bonchev–Trinajstić information content (AvgIpc) is 2.45. The zero-order valence-electron chi connectivity index (χ0n) is 11.8. The quantitative estimate of drug-likeness (QED) is 0.290. The van der Waals surface area contributed by atoms with Crippen LogP contribution >= 0.6 is 22.6 Å². The molecular formula is C16H23IO2. The van der Waals surface area contributed by atoms with E-state index in [1.54, 1.807) is 0 Å². The Hall–Kier alpha value is -0.580. The summed E-state index contributed by atoms with van der Waals surface area (Å²) in [5, 5.41) is 0. The van der Waals surface area contributed by atoms with Crippen molar-refractivity contribution in [3.05, 3.63) is 35.4 Å². The first-order valence-corrected chi connectivity index (χ1v) is 8.48. The highest BCUT2D eigenvalue weighted by Gasteiger charge is 2.19. The van der Waals surface area contributed by atoms with E-state index in [4.69, 9.17) is 4.74 Å². The monoisotopic (exact) mass is 374 g/mol. The van der Waals surface area contributed by atoms with Crippen LogP contribution in [0.5, 0.6) is 0 Å². The number of benzene rings is 1. The molecule has 1 atom stereocenters. The number of carbonyl (C=O) groups is 1. The van der Waals surface area contributed by atoms with Crippen molar-refractivity contribution in [1.29, 1.82) is 0 Å². The van der Waals surface area contributed by atoms with Gasteiger partial charge in [-0.05, 0) is 41.2 Å². The van der Waals surface area contributed by atoms with Crippen molar-refractivity contribution >= 4 is 28.6 Å². The van der Waals surface area contributed by atoms with Crippen LogP contribution in [0.2, 0.25) is 0 Å². The highest BCUT2D eigenvalue weighted by atomic mass is 127. The molecule has 0 aliphatic carbocycles. The number of ether oxygens (including phenoxy) is 1. The fraction of sp³-hybridized carbons (Fsp3) is 0.562. The summed E-state index contributed by atoms with van der Waals surface area (Å²) in [5.74, 6) is -0.238. The van der Waals surface area contributed by atoms with Crippen molar-refractivity contribution in [3.63, 3.8) is 0 Å². The van der Waals surface area contributed by atoms with Crippen LogP contribution in [0.15, 0.2) is 24.3 Å². The first-order valence-electron chi connectivity index (χ1n) is 6.95. The second kappa shape index (κ2) is 9.34. The topological polar surface area (TPSA) is 26.3 Å². The smallest absolute Gasteiger partial charge is 0.313 e. The number of rotatable bonds is 8. The maximum atomic E-state index is 11.8. The zero-order chi connectivity index (χ0) is 14.1. The van der Waals surface area contributed by atoms with E-state index in [0.29, 0.717) is 0 Å². The maximum Gasteiger partial charge on any atom is 0.313 e. The number of halogens is 1. The second-order valence-corrected chi connectivity index (χ2v) is 5.83. The Morgan fingerprint density at radius 1 is 1.26 bits per heavy atom. The minimum absolute atomic E-state index is 0.113. The molecule has 0 aliphatic heterocycles. The van der Waals surface area contributed by atoms with Crippen molar-refractivity contribution in [2.75, 3.05) is 11.5 Å². The highest BCUT2D eigenvalue weighted by molar-refractivity contribution is 14.1. The van der Waals surface area contributed by atoms with Gasteiger partial charge in [0, 0.05) is 0 Å². The molecule has 1 aromatic rings. The Kier molecular flexibility index (Phi) is 8.10. The molecule has 0 aliphatic rings. The number of hydrogen-bond acceptors (Lipinski definition) is 2. The lowest BCUT2D eigenvalue weighted by Gasteiger charge is -2.14. The lowest BCUT2D eigenvalue weighted by molar-refractivity contribution is -0.142. The van der Waals surface area contributed by atoms with E-state index < -0.39 is 0 Å². The normalized spacial score (nSPS) is 12.2. The molecule has 0 bridgehead atoms. The number of aryl methyl sites for hydroxylation is 1. The van der Waals surface area contributed by atoms with Gasteiger partial charge in [0.2, 0.25) is 0 Å². The molecular weight excluding hydrogens is 351 g/mol. The second-order valence-electron chi connectivity index (χ2n) is 4.75. The largest absolute Gasteiger partial charge is 0.469 e. The number of unbranched alkanes of at least 4 members (excludes halogenated alkanes) is 1. The van der Waals surface area contributed by atoms with E-state index in [0.717, 1.165) is 24.8 Å². The predicted molar refractivity (Wildman–Crippen MR) is 87.9 cm³/mol. The van der Waals surface area contributed by atoms with E-state index in [1.165, 1.54) is 29.9 Å². The summed E-state index contributed by atoms with van der Waals surface area (Å²) in [6.45, 7) is 2.09. The standard InChI is InChI=1S/C16H23IO2/c1-3-6-15(16(18)19-2)14-10-8-13(9-11-14)7-4-5-12-17/h8-11,15H,3-7,12H2,1-2H3/t15-/m1/s1. The summed E-state index contributed by atoms with van der Waals surface area (Å²) in [7, 11) is 1.46. The first-order chi connectivity index (χ1) is 9.22. The fourth-order valence-corrected chi connectivity index (χ4v) is 2.73. The van der Waals surface area contributed by atoms with Crippen LogP contribution in [0.4, 0.5) is 0 Å². The molecule has 1 aromatic carbocycles. The van der Waals surface area contributed by atoms with Crippen LogP contribution in [0, 0.1) is 0 Å². The molecule has 106 valence electrons. The number of hydrogen-bond donors (Lipinski definition) is 0. The molecule has 0 saturated carbocycles. The third kappa shape index (κ3) is 5.51. The molecule has 3 heteroatoms. The molecule has 0 saturated heterocycles. The van der Waals surface area contributed by atoms with Crippen molar-refractivity contribution in [3.8, 4) is 0 Å². The van der Waals surface area contributed by atoms with Crippen LogP contribution in [-0.4, -0.2) is 17.5 Å². The molecule has 0 spiro atoms. The predicted octanol–water partition coefficient (Wildman–Crippen LogP) is 4.50. The molecule has 0 fully saturated rings. The fourth-order valence-electron chi connectivity index (χ4n) is 2.19. The van der Waals surface area contributed by atoms with Gasteiger partial charge in [-0.25, -0.2) is 0 Å². The van der Waals surface area contributed by atoms with Crippen molar-refractivity contribution in [2.24, 2.45) is 0 Å². The van der Waals surface area contributed by atoms with Gasteiger partial charge < -0.3 is 4.74 Å². The highest BCUT2D eigenvalue weighted by Crippen LogP contribution is 2.23. The third-order valence-corrected chi connectivity index (χ3v) is 4.06. The minimum atomic E-state index is -0.125. The Bertz CT molecular complexity index is 373. The van der Waals surface area contributed by atoms with E-state index in [1.807, 2.05) is 0 Å². The molecule has 0 aromatic heterocycles. The van der Waals surface area contributed by atoms with Crippen LogP contribution in [0.25, 0.3) is 0 Å². The summed E-state index contributed by atoms with van der Waals surface area (Å²) in [6, 6.07) is 8.45. The molecule has 0 unspecified atom stereocenters. The minimum Gasteiger partial charge on any atom is -0.469 e. The first kappa shape index (κ1) is 16.5. The van der Waals surface area contributed by atoms with Gasteiger partial charge in [0.1, 0.15) is 0 Å². The average molecular weight is 374 g/mol. The van der Waals surface area contributed by atoms with Gasteiger partial charge in [0.25, 0.3) is 0 Å². The van der Waals surface area contributed by atoms with Crippen LogP contribution < -0.4 is 0 Å². The Morgan fingerprint density at radius 2 is 1.95 bits per heavy atom. The van der Waals surface area contributed by atoms with E-state index in [2.05, 4.69) is 53.8 Å². The van der Waals surface area contributed by atoms with Gasteiger partial charge in [-0.3, -0.25) is 4.79 Å². The SMILES string of the molecule is CCC[C@@H](C(=O)OC)c1ccc(CCCCI)cc1. The molecule has 0 heterocycles. The molecule has 0 N–H and O–H groups in total.